The Morgan fingerprint density at radius 1 is 1.44 bits per heavy atom. The van der Waals surface area contributed by atoms with Crippen molar-refractivity contribution in [1.29, 1.82) is 0 Å². The predicted octanol–water partition coefficient (Wildman–Crippen LogP) is 0.953. The Bertz CT molecular complexity index is 105. The van der Waals surface area contributed by atoms with Gasteiger partial charge in [0.2, 0.25) is 0 Å². The first-order valence-electron chi connectivity index (χ1n) is 3.70. The van der Waals surface area contributed by atoms with Crippen LogP contribution in [0.5, 0.6) is 0 Å². The van der Waals surface area contributed by atoms with Crippen LogP contribution in [0.2, 0.25) is 0 Å². The normalized spacial score (nSPS) is 44.3. The number of rotatable bonds is 4. The van der Waals surface area contributed by atoms with Gasteiger partial charge < -0.3 is 9.47 Å². The van der Waals surface area contributed by atoms with Crippen molar-refractivity contribution in [3.8, 4) is 0 Å². The first kappa shape index (κ1) is 5.69. The second-order valence-electron chi connectivity index (χ2n) is 2.75. The van der Waals surface area contributed by atoms with Crippen molar-refractivity contribution in [2.75, 3.05) is 6.61 Å². The smallest absolute Gasteiger partial charge is 0.116 e. The summed E-state index contributed by atoms with van der Waals surface area (Å²) in [4.78, 5) is 0. The van der Waals surface area contributed by atoms with Crippen molar-refractivity contribution in [1.82, 2.24) is 0 Å². The summed E-state index contributed by atoms with van der Waals surface area (Å²) in [5.74, 6) is 0. The maximum atomic E-state index is 5.43. The van der Waals surface area contributed by atoms with Crippen LogP contribution in [0.25, 0.3) is 0 Å². The second-order valence-corrected chi connectivity index (χ2v) is 2.75. The third-order valence-corrected chi connectivity index (χ3v) is 1.88. The molecule has 0 bridgehead atoms. The molecule has 0 aromatic heterocycles. The molecule has 2 heteroatoms. The summed E-state index contributed by atoms with van der Waals surface area (Å²) in [6.45, 7) is 3.10. The highest BCUT2D eigenvalue weighted by Gasteiger charge is 2.69. The van der Waals surface area contributed by atoms with Crippen molar-refractivity contribution in [2.45, 2.75) is 38.1 Å². The molecule has 2 nitrogen and oxygen atoms in total. The monoisotopic (exact) mass is 128 g/mol. The van der Waals surface area contributed by atoms with E-state index in [0.29, 0.717) is 18.3 Å². The maximum Gasteiger partial charge on any atom is 0.116 e. The van der Waals surface area contributed by atoms with Gasteiger partial charge in [0.25, 0.3) is 0 Å². The Kier molecular flexibility index (Phi) is 1.24. The molecule has 2 fully saturated rings. The van der Waals surface area contributed by atoms with Crippen molar-refractivity contribution >= 4 is 0 Å². The fraction of sp³-hybridized carbons (Fsp3) is 1.00. The molecular weight excluding hydrogens is 116 g/mol. The fourth-order valence-electron chi connectivity index (χ4n) is 0.987. The van der Waals surface area contributed by atoms with E-state index >= 15 is 0 Å². The quantitative estimate of drug-likeness (QED) is 0.415. The summed E-state index contributed by atoms with van der Waals surface area (Å²) in [5, 5.41) is 0. The molecular formula is C7H12O2. The van der Waals surface area contributed by atoms with E-state index in [1.54, 1.807) is 0 Å². The SMILES string of the molecule is CCCCOC1C2O[C@@H]12. The lowest BCUT2D eigenvalue weighted by Gasteiger charge is -2.03. The van der Waals surface area contributed by atoms with Crippen molar-refractivity contribution < 1.29 is 9.47 Å². The van der Waals surface area contributed by atoms with Gasteiger partial charge >= 0.3 is 0 Å². The zero-order valence-electron chi connectivity index (χ0n) is 5.67. The molecule has 9 heavy (non-hydrogen) atoms. The Morgan fingerprint density at radius 3 is 2.67 bits per heavy atom. The molecule has 0 radical (unpaired) electrons. The number of unbranched alkanes of at least 4 members (excludes halogenated alkanes) is 1. The lowest BCUT2D eigenvalue weighted by atomic mass is 10.4. The first-order chi connectivity index (χ1) is 4.43. The van der Waals surface area contributed by atoms with Gasteiger partial charge in [-0.05, 0) is 6.42 Å². The molecule has 0 amide bonds. The van der Waals surface area contributed by atoms with Crippen molar-refractivity contribution in [3.63, 3.8) is 0 Å². The summed E-state index contributed by atoms with van der Waals surface area (Å²) >= 11 is 0. The van der Waals surface area contributed by atoms with Crippen LogP contribution >= 0.6 is 0 Å². The highest BCUT2D eigenvalue weighted by molar-refractivity contribution is 5.16. The summed E-state index contributed by atoms with van der Waals surface area (Å²) < 4.78 is 10.5. The maximum absolute atomic E-state index is 5.43. The van der Waals surface area contributed by atoms with E-state index in [4.69, 9.17) is 9.47 Å². The van der Waals surface area contributed by atoms with Crippen LogP contribution in [0.1, 0.15) is 19.8 Å². The van der Waals surface area contributed by atoms with Gasteiger partial charge in [-0.1, -0.05) is 13.3 Å². The largest absolute Gasteiger partial charge is 0.373 e. The third kappa shape index (κ3) is 0.970. The van der Waals surface area contributed by atoms with Crippen molar-refractivity contribution in [3.05, 3.63) is 0 Å². The van der Waals surface area contributed by atoms with Gasteiger partial charge in [-0.2, -0.15) is 0 Å². The Labute approximate surface area is 55.1 Å². The molecule has 1 saturated carbocycles. The van der Waals surface area contributed by atoms with Gasteiger partial charge in [-0.15, -0.1) is 0 Å². The average molecular weight is 128 g/mol. The summed E-state index contributed by atoms with van der Waals surface area (Å²) in [6, 6.07) is 0. The third-order valence-electron chi connectivity index (χ3n) is 1.88. The van der Waals surface area contributed by atoms with Crippen LogP contribution in [0.4, 0.5) is 0 Å². The van der Waals surface area contributed by atoms with E-state index < -0.39 is 0 Å². The zero-order chi connectivity index (χ0) is 6.27. The molecule has 1 aliphatic heterocycles. The highest BCUT2D eigenvalue weighted by Crippen LogP contribution is 2.49. The van der Waals surface area contributed by atoms with Gasteiger partial charge in [0.15, 0.2) is 0 Å². The predicted molar refractivity (Wildman–Crippen MR) is 33.3 cm³/mol. The van der Waals surface area contributed by atoms with Crippen LogP contribution in [0, 0.1) is 0 Å². The molecule has 0 N–H and O–H groups in total. The first-order valence-corrected chi connectivity index (χ1v) is 3.70. The van der Waals surface area contributed by atoms with Gasteiger partial charge in [-0.3, -0.25) is 0 Å². The number of hydrogen-bond donors (Lipinski definition) is 0. The van der Waals surface area contributed by atoms with E-state index in [9.17, 15) is 0 Å². The van der Waals surface area contributed by atoms with E-state index in [2.05, 4.69) is 6.92 Å². The molecule has 1 aliphatic carbocycles. The molecule has 2 rings (SSSR count). The van der Waals surface area contributed by atoms with Crippen LogP contribution in [-0.4, -0.2) is 24.9 Å². The summed E-state index contributed by atoms with van der Waals surface area (Å²) in [7, 11) is 0. The van der Waals surface area contributed by atoms with Crippen LogP contribution < -0.4 is 0 Å². The number of epoxide rings is 1. The van der Waals surface area contributed by atoms with E-state index in [1.165, 1.54) is 12.8 Å². The van der Waals surface area contributed by atoms with Crippen molar-refractivity contribution in [2.24, 2.45) is 0 Å². The Balaban J connectivity index is 1.49. The van der Waals surface area contributed by atoms with Gasteiger partial charge in [0.05, 0.1) is 0 Å². The van der Waals surface area contributed by atoms with E-state index in [0.717, 1.165) is 6.61 Å². The fourth-order valence-corrected chi connectivity index (χ4v) is 0.987. The average Bonchev–Trinajstić information content (AvgIpc) is 2.64. The van der Waals surface area contributed by atoms with Crippen LogP contribution in [-0.2, 0) is 9.47 Å². The minimum absolute atomic E-state index is 0.497. The van der Waals surface area contributed by atoms with Gasteiger partial charge in [-0.25, -0.2) is 0 Å². The Hall–Kier alpha value is -0.0800. The van der Waals surface area contributed by atoms with Gasteiger partial charge in [0.1, 0.15) is 18.3 Å². The zero-order valence-corrected chi connectivity index (χ0v) is 5.67. The topological polar surface area (TPSA) is 21.8 Å². The minimum Gasteiger partial charge on any atom is -0.373 e. The second kappa shape index (κ2) is 1.96. The van der Waals surface area contributed by atoms with E-state index in [1.807, 2.05) is 0 Å². The number of fused-ring (bicyclic) bond motifs is 1. The molecule has 52 valence electrons. The van der Waals surface area contributed by atoms with Gasteiger partial charge in [0, 0.05) is 6.61 Å². The minimum atomic E-state index is 0.497. The van der Waals surface area contributed by atoms with Crippen LogP contribution in [0.3, 0.4) is 0 Å². The molecule has 0 aromatic rings. The number of hydrogen-bond acceptors (Lipinski definition) is 2. The molecule has 0 spiro atoms. The Morgan fingerprint density at radius 2 is 2.22 bits per heavy atom. The highest BCUT2D eigenvalue weighted by atomic mass is 16.7. The number of ether oxygens (including phenoxy) is 2. The molecule has 1 heterocycles. The van der Waals surface area contributed by atoms with E-state index in [-0.39, 0.29) is 0 Å². The molecule has 2 unspecified atom stereocenters. The molecule has 1 saturated heterocycles. The molecule has 2 aliphatic rings. The summed E-state index contributed by atoms with van der Waals surface area (Å²) in [5.41, 5.74) is 0. The lowest BCUT2D eigenvalue weighted by Crippen LogP contribution is -2.08. The van der Waals surface area contributed by atoms with Crippen LogP contribution in [0.15, 0.2) is 0 Å². The standard InChI is InChI=1S/C7H12O2/c1-2-3-4-8-5-6-7(5)9-6/h5-7H,2-4H2,1H3/t5?,6-,7?/m0/s1. The lowest BCUT2D eigenvalue weighted by molar-refractivity contribution is 0.0207. The summed E-state index contributed by atoms with van der Waals surface area (Å²) in [6.07, 6.45) is 3.94. The molecule has 3 atom stereocenters. The molecule has 0 aromatic carbocycles.